The minimum atomic E-state index is -0.370. The summed E-state index contributed by atoms with van der Waals surface area (Å²) in [6.07, 6.45) is 2.78. The molecule has 0 aliphatic heterocycles. The van der Waals surface area contributed by atoms with Crippen molar-refractivity contribution in [1.29, 1.82) is 0 Å². The van der Waals surface area contributed by atoms with E-state index in [-0.39, 0.29) is 23.2 Å². The van der Waals surface area contributed by atoms with E-state index in [1.54, 1.807) is 18.9 Å². The van der Waals surface area contributed by atoms with Crippen molar-refractivity contribution in [3.05, 3.63) is 0 Å². The molecule has 1 aliphatic rings. The summed E-state index contributed by atoms with van der Waals surface area (Å²) in [4.78, 5) is 25.1. The van der Waals surface area contributed by atoms with E-state index in [1.807, 2.05) is 0 Å². The summed E-state index contributed by atoms with van der Waals surface area (Å²) in [6, 6.07) is 0. The molecule has 1 atom stereocenters. The third kappa shape index (κ3) is 2.77. The number of hydrogen-bond acceptors (Lipinski definition) is 4. The first-order valence-corrected chi connectivity index (χ1v) is 6.00. The molecule has 1 saturated carbocycles. The Balaban J connectivity index is 2.55. The smallest absolute Gasteiger partial charge is 0.310 e. The highest BCUT2D eigenvalue weighted by molar-refractivity contribution is 5.84. The molecule has 0 aromatic carbocycles. The van der Waals surface area contributed by atoms with E-state index < -0.39 is 0 Å². The molecule has 0 spiro atoms. The molecular formula is C12H22N2O3. The van der Waals surface area contributed by atoms with Crippen molar-refractivity contribution < 1.29 is 14.3 Å². The fraction of sp³-hybridized carbons (Fsp3) is 0.833. The van der Waals surface area contributed by atoms with Gasteiger partial charge in [-0.05, 0) is 12.8 Å². The standard InChI is InChI=1S/C12H22N2O3/c1-9(10(15)17-3)7-14(2)11(16)12(8-13)5-4-6-12/h9H,4-8,13H2,1-3H3. The van der Waals surface area contributed by atoms with Crippen LogP contribution in [0.4, 0.5) is 0 Å². The van der Waals surface area contributed by atoms with Crippen molar-refractivity contribution in [2.75, 3.05) is 27.2 Å². The molecule has 1 unspecified atom stereocenters. The molecule has 0 aromatic rings. The lowest BCUT2D eigenvalue weighted by atomic mass is 9.68. The highest BCUT2D eigenvalue weighted by Crippen LogP contribution is 2.41. The van der Waals surface area contributed by atoms with Gasteiger partial charge in [0, 0.05) is 20.1 Å². The Hall–Kier alpha value is -1.10. The number of carbonyl (C=O) groups is 2. The number of nitrogens with zero attached hydrogens (tertiary/aromatic N) is 1. The van der Waals surface area contributed by atoms with Crippen LogP contribution < -0.4 is 5.73 Å². The zero-order chi connectivity index (χ0) is 13.1. The van der Waals surface area contributed by atoms with Gasteiger partial charge >= 0.3 is 5.97 Å². The van der Waals surface area contributed by atoms with Gasteiger partial charge < -0.3 is 15.4 Å². The third-order valence-corrected chi connectivity index (χ3v) is 3.65. The monoisotopic (exact) mass is 242 g/mol. The molecular weight excluding hydrogens is 220 g/mol. The Morgan fingerprint density at radius 3 is 2.41 bits per heavy atom. The van der Waals surface area contributed by atoms with E-state index in [1.165, 1.54) is 7.11 Å². The van der Waals surface area contributed by atoms with Crippen LogP contribution >= 0.6 is 0 Å². The number of methoxy groups -OCH3 is 1. The van der Waals surface area contributed by atoms with E-state index in [0.717, 1.165) is 19.3 Å². The van der Waals surface area contributed by atoms with Crippen LogP contribution in [0.5, 0.6) is 0 Å². The van der Waals surface area contributed by atoms with E-state index in [0.29, 0.717) is 13.1 Å². The highest BCUT2D eigenvalue weighted by Gasteiger charge is 2.44. The van der Waals surface area contributed by atoms with Gasteiger partial charge in [-0.15, -0.1) is 0 Å². The van der Waals surface area contributed by atoms with Crippen molar-refractivity contribution in [3.63, 3.8) is 0 Å². The van der Waals surface area contributed by atoms with Crippen molar-refractivity contribution in [2.45, 2.75) is 26.2 Å². The molecule has 1 amide bonds. The quantitative estimate of drug-likeness (QED) is 0.707. The number of nitrogens with two attached hydrogens (primary N) is 1. The first-order chi connectivity index (χ1) is 7.96. The van der Waals surface area contributed by atoms with Gasteiger partial charge in [-0.25, -0.2) is 0 Å². The third-order valence-electron chi connectivity index (χ3n) is 3.65. The summed E-state index contributed by atoms with van der Waals surface area (Å²) in [5.74, 6) is -0.536. The molecule has 98 valence electrons. The topological polar surface area (TPSA) is 72.6 Å². The van der Waals surface area contributed by atoms with Crippen LogP contribution in [-0.4, -0.2) is 44.0 Å². The van der Waals surface area contributed by atoms with Crippen LogP contribution in [0.2, 0.25) is 0 Å². The van der Waals surface area contributed by atoms with Gasteiger partial charge in [0.2, 0.25) is 5.91 Å². The van der Waals surface area contributed by atoms with Gasteiger partial charge in [0.15, 0.2) is 0 Å². The van der Waals surface area contributed by atoms with E-state index in [9.17, 15) is 9.59 Å². The summed E-state index contributed by atoms with van der Waals surface area (Å²) in [7, 11) is 3.07. The van der Waals surface area contributed by atoms with Gasteiger partial charge in [0.1, 0.15) is 0 Å². The van der Waals surface area contributed by atoms with Gasteiger partial charge in [-0.3, -0.25) is 9.59 Å². The molecule has 0 heterocycles. The Morgan fingerprint density at radius 1 is 1.47 bits per heavy atom. The molecule has 1 fully saturated rings. The van der Waals surface area contributed by atoms with Crippen molar-refractivity contribution >= 4 is 11.9 Å². The van der Waals surface area contributed by atoms with Gasteiger partial charge in [-0.1, -0.05) is 13.3 Å². The number of ether oxygens (including phenoxy) is 1. The fourth-order valence-electron chi connectivity index (χ4n) is 2.28. The Kier molecular flexibility index (Phi) is 4.51. The van der Waals surface area contributed by atoms with Crippen molar-refractivity contribution in [3.8, 4) is 0 Å². The Labute approximate surface area is 102 Å². The fourth-order valence-corrected chi connectivity index (χ4v) is 2.28. The largest absolute Gasteiger partial charge is 0.469 e. The normalized spacial score (nSPS) is 19.1. The van der Waals surface area contributed by atoms with Crippen molar-refractivity contribution in [2.24, 2.45) is 17.1 Å². The molecule has 1 rings (SSSR count). The first-order valence-electron chi connectivity index (χ1n) is 6.00. The molecule has 0 saturated heterocycles. The number of carbonyl (C=O) groups excluding carboxylic acids is 2. The highest BCUT2D eigenvalue weighted by atomic mass is 16.5. The molecule has 5 nitrogen and oxygen atoms in total. The van der Waals surface area contributed by atoms with Crippen LogP contribution in [0.3, 0.4) is 0 Å². The minimum Gasteiger partial charge on any atom is -0.469 e. The molecule has 2 N–H and O–H groups in total. The van der Waals surface area contributed by atoms with E-state index >= 15 is 0 Å². The lowest BCUT2D eigenvalue weighted by molar-refractivity contribution is -0.150. The number of rotatable bonds is 5. The minimum absolute atomic E-state index is 0.0574. The summed E-state index contributed by atoms with van der Waals surface area (Å²) in [5, 5.41) is 0. The predicted octanol–water partition coefficient (Wildman–Crippen LogP) is 0.383. The zero-order valence-electron chi connectivity index (χ0n) is 10.9. The van der Waals surface area contributed by atoms with Crippen LogP contribution in [0, 0.1) is 11.3 Å². The zero-order valence-corrected chi connectivity index (χ0v) is 10.9. The average Bonchev–Trinajstić information content (AvgIpc) is 2.26. The predicted molar refractivity (Wildman–Crippen MR) is 64.2 cm³/mol. The number of hydrogen-bond donors (Lipinski definition) is 1. The second-order valence-electron chi connectivity index (χ2n) is 4.95. The SMILES string of the molecule is COC(=O)C(C)CN(C)C(=O)C1(CN)CCC1. The molecule has 0 aromatic heterocycles. The second kappa shape index (κ2) is 5.49. The summed E-state index contributed by atoms with van der Waals surface area (Å²) >= 11 is 0. The number of esters is 1. The number of amides is 1. The molecule has 5 heteroatoms. The van der Waals surface area contributed by atoms with Gasteiger partial charge in [0.25, 0.3) is 0 Å². The lowest BCUT2D eigenvalue weighted by Gasteiger charge is -2.42. The van der Waals surface area contributed by atoms with Crippen LogP contribution in [0.15, 0.2) is 0 Å². The maximum atomic E-state index is 12.2. The summed E-state index contributed by atoms with van der Waals surface area (Å²) < 4.78 is 4.64. The van der Waals surface area contributed by atoms with Gasteiger partial charge in [0.05, 0.1) is 18.4 Å². The van der Waals surface area contributed by atoms with Crippen molar-refractivity contribution in [1.82, 2.24) is 4.90 Å². The van der Waals surface area contributed by atoms with E-state index in [4.69, 9.17) is 5.73 Å². The average molecular weight is 242 g/mol. The summed E-state index contributed by atoms with van der Waals surface area (Å²) in [5.41, 5.74) is 5.31. The lowest BCUT2D eigenvalue weighted by Crippen LogP contribution is -2.52. The van der Waals surface area contributed by atoms with E-state index in [2.05, 4.69) is 4.74 Å². The molecule has 0 radical (unpaired) electrons. The van der Waals surface area contributed by atoms with Crippen LogP contribution in [-0.2, 0) is 14.3 Å². The summed E-state index contributed by atoms with van der Waals surface area (Å²) in [6.45, 7) is 2.53. The second-order valence-corrected chi connectivity index (χ2v) is 4.95. The molecule has 17 heavy (non-hydrogen) atoms. The first kappa shape index (κ1) is 14.0. The van der Waals surface area contributed by atoms with Crippen LogP contribution in [0.25, 0.3) is 0 Å². The molecule has 1 aliphatic carbocycles. The van der Waals surface area contributed by atoms with Gasteiger partial charge in [-0.2, -0.15) is 0 Å². The Bertz CT molecular complexity index is 295. The van der Waals surface area contributed by atoms with Crippen LogP contribution in [0.1, 0.15) is 26.2 Å². The molecule has 0 bridgehead atoms. The maximum absolute atomic E-state index is 12.2. The maximum Gasteiger partial charge on any atom is 0.310 e. The Morgan fingerprint density at radius 2 is 2.06 bits per heavy atom.